The van der Waals surface area contributed by atoms with Gasteiger partial charge in [-0.1, -0.05) is 18.2 Å². The van der Waals surface area contributed by atoms with Crippen LogP contribution in [0.4, 0.5) is 0 Å². The maximum Gasteiger partial charge on any atom is 0.361 e. The van der Waals surface area contributed by atoms with Crippen LogP contribution in [-0.4, -0.2) is 80.5 Å². The zero-order valence-corrected chi connectivity index (χ0v) is 18.0. The normalized spacial score (nSPS) is 15.8. The van der Waals surface area contributed by atoms with E-state index in [-0.39, 0.29) is 11.6 Å². The summed E-state index contributed by atoms with van der Waals surface area (Å²) >= 11 is 0. The first-order chi connectivity index (χ1) is 15.0. The van der Waals surface area contributed by atoms with Gasteiger partial charge < -0.3 is 14.5 Å². The van der Waals surface area contributed by atoms with E-state index in [4.69, 9.17) is 4.74 Å². The van der Waals surface area contributed by atoms with Crippen LogP contribution < -0.4 is 0 Å². The van der Waals surface area contributed by atoms with E-state index in [0.29, 0.717) is 18.8 Å². The first-order valence-electron chi connectivity index (χ1n) is 10.5. The van der Waals surface area contributed by atoms with Gasteiger partial charge in [0.1, 0.15) is 0 Å². The van der Waals surface area contributed by atoms with Crippen molar-refractivity contribution in [3.63, 3.8) is 0 Å². The molecule has 0 radical (unpaired) electrons. The zero-order valence-electron chi connectivity index (χ0n) is 18.0. The van der Waals surface area contributed by atoms with Crippen molar-refractivity contribution >= 4 is 22.8 Å². The summed E-state index contributed by atoms with van der Waals surface area (Å²) in [6, 6.07) is 9.47. The van der Waals surface area contributed by atoms with E-state index in [1.165, 1.54) is 0 Å². The number of pyridine rings is 1. The van der Waals surface area contributed by atoms with Crippen molar-refractivity contribution < 1.29 is 14.3 Å². The van der Waals surface area contributed by atoms with Crippen molar-refractivity contribution in [2.75, 3.05) is 32.7 Å². The minimum Gasteiger partial charge on any atom is -0.448 e. The van der Waals surface area contributed by atoms with Crippen LogP contribution in [0.3, 0.4) is 0 Å². The van der Waals surface area contributed by atoms with Crippen LogP contribution in [0.2, 0.25) is 0 Å². The van der Waals surface area contributed by atoms with E-state index < -0.39 is 12.1 Å². The van der Waals surface area contributed by atoms with Gasteiger partial charge in [0.15, 0.2) is 11.8 Å². The van der Waals surface area contributed by atoms with Gasteiger partial charge in [-0.15, -0.1) is 5.10 Å². The lowest BCUT2D eigenvalue weighted by Gasteiger charge is -2.35. The van der Waals surface area contributed by atoms with E-state index in [0.717, 1.165) is 36.2 Å². The Bertz CT molecular complexity index is 1100. The number of nitrogens with zero attached hydrogens (tertiary/aromatic N) is 6. The molecule has 1 amide bonds. The van der Waals surface area contributed by atoms with Gasteiger partial charge >= 0.3 is 5.97 Å². The Morgan fingerprint density at radius 2 is 1.90 bits per heavy atom. The smallest absolute Gasteiger partial charge is 0.361 e. The van der Waals surface area contributed by atoms with E-state index in [1.807, 2.05) is 30.3 Å². The maximum absolute atomic E-state index is 12.7. The predicted molar refractivity (Wildman–Crippen MR) is 115 cm³/mol. The summed E-state index contributed by atoms with van der Waals surface area (Å²) in [4.78, 5) is 33.8. The molecule has 0 N–H and O–H groups in total. The SMILES string of the molecule is CCN1CCN(C(=O)C(C)OC(=O)c2nnn(-c3cccc4ncccc34)c2C)CC1. The number of amides is 1. The van der Waals surface area contributed by atoms with Crippen LogP contribution >= 0.6 is 0 Å². The molecule has 1 atom stereocenters. The molecule has 4 rings (SSSR count). The first-order valence-corrected chi connectivity index (χ1v) is 10.5. The highest BCUT2D eigenvalue weighted by Crippen LogP contribution is 2.22. The summed E-state index contributed by atoms with van der Waals surface area (Å²) in [5, 5.41) is 9.08. The van der Waals surface area contributed by atoms with Crippen molar-refractivity contribution in [1.29, 1.82) is 0 Å². The highest BCUT2D eigenvalue weighted by molar-refractivity contribution is 5.92. The minimum atomic E-state index is -0.882. The highest BCUT2D eigenvalue weighted by Gasteiger charge is 2.29. The molecule has 0 bridgehead atoms. The number of hydrogen-bond donors (Lipinski definition) is 0. The summed E-state index contributed by atoms with van der Waals surface area (Å²) < 4.78 is 7.04. The quantitative estimate of drug-likeness (QED) is 0.579. The summed E-state index contributed by atoms with van der Waals surface area (Å²) in [5.41, 5.74) is 2.22. The third-order valence-electron chi connectivity index (χ3n) is 5.70. The van der Waals surface area contributed by atoms with Crippen LogP contribution in [0.5, 0.6) is 0 Å². The van der Waals surface area contributed by atoms with Gasteiger partial charge in [0, 0.05) is 37.8 Å². The molecule has 2 aromatic heterocycles. The standard InChI is InChI=1S/C22H26N6O3/c1-4-26-11-13-27(14-12-26)21(29)16(3)31-22(30)20-15(2)28(25-24-20)19-9-5-8-18-17(19)7-6-10-23-18/h5-10,16H,4,11-14H2,1-3H3. The van der Waals surface area contributed by atoms with Gasteiger partial charge in [-0.05, 0) is 44.7 Å². The molecule has 31 heavy (non-hydrogen) atoms. The van der Waals surface area contributed by atoms with Crippen LogP contribution in [0.15, 0.2) is 36.5 Å². The highest BCUT2D eigenvalue weighted by atomic mass is 16.5. The Kier molecular flexibility index (Phi) is 5.94. The Balaban J connectivity index is 1.49. The fourth-order valence-corrected chi connectivity index (χ4v) is 3.83. The number of esters is 1. The number of ether oxygens (including phenoxy) is 1. The molecule has 9 nitrogen and oxygen atoms in total. The molecular weight excluding hydrogens is 396 g/mol. The Hall–Kier alpha value is -3.33. The lowest BCUT2D eigenvalue weighted by atomic mass is 10.2. The molecule has 1 aromatic carbocycles. The summed E-state index contributed by atoms with van der Waals surface area (Å²) in [6.45, 7) is 9.36. The third kappa shape index (κ3) is 4.13. The summed E-state index contributed by atoms with van der Waals surface area (Å²) in [5.74, 6) is -0.843. The minimum absolute atomic E-state index is 0.0938. The molecule has 0 spiro atoms. The van der Waals surface area contributed by atoms with Crippen molar-refractivity contribution in [2.45, 2.75) is 26.9 Å². The van der Waals surface area contributed by atoms with E-state index in [1.54, 1.807) is 29.6 Å². The van der Waals surface area contributed by atoms with Crippen molar-refractivity contribution in [2.24, 2.45) is 0 Å². The third-order valence-corrected chi connectivity index (χ3v) is 5.70. The van der Waals surface area contributed by atoms with E-state index >= 15 is 0 Å². The lowest BCUT2D eigenvalue weighted by Crippen LogP contribution is -2.51. The number of hydrogen-bond acceptors (Lipinski definition) is 7. The van der Waals surface area contributed by atoms with E-state index in [2.05, 4.69) is 27.1 Å². The summed E-state index contributed by atoms with van der Waals surface area (Å²) in [6.07, 6.45) is 0.843. The van der Waals surface area contributed by atoms with Gasteiger partial charge in [0.25, 0.3) is 5.91 Å². The second kappa shape index (κ2) is 8.81. The lowest BCUT2D eigenvalue weighted by molar-refractivity contribution is -0.141. The van der Waals surface area contributed by atoms with Crippen LogP contribution in [-0.2, 0) is 9.53 Å². The molecule has 9 heteroatoms. The van der Waals surface area contributed by atoms with Gasteiger partial charge in [-0.3, -0.25) is 9.78 Å². The Morgan fingerprint density at radius 3 is 2.65 bits per heavy atom. The number of carbonyl (C=O) groups is 2. The van der Waals surface area contributed by atoms with Crippen LogP contribution in [0.1, 0.15) is 30.0 Å². The monoisotopic (exact) mass is 422 g/mol. The van der Waals surface area contributed by atoms with Gasteiger partial charge in [-0.25, -0.2) is 9.48 Å². The molecule has 0 aliphatic carbocycles. The second-order valence-corrected chi connectivity index (χ2v) is 7.59. The van der Waals surface area contributed by atoms with Crippen molar-refractivity contribution in [3.8, 4) is 5.69 Å². The average molecular weight is 422 g/mol. The van der Waals surface area contributed by atoms with Crippen molar-refractivity contribution in [1.82, 2.24) is 29.8 Å². The number of piperazine rings is 1. The molecule has 162 valence electrons. The number of benzene rings is 1. The predicted octanol–water partition coefficient (Wildman–Crippen LogP) is 1.83. The molecular formula is C22H26N6O3. The largest absolute Gasteiger partial charge is 0.448 e. The van der Waals surface area contributed by atoms with Crippen LogP contribution in [0, 0.1) is 6.92 Å². The van der Waals surface area contributed by atoms with Gasteiger partial charge in [-0.2, -0.15) is 0 Å². The van der Waals surface area contributed by atoms with Gasteiger partial charge in [0.2, 0.25) is 0 Å². The molecule has 3 heterocycles. The molecule has 1 aliphatic heterocycles. The molecule has 1 fully saturated rings. The molecule has 1 aliphatic rings. The number of fused-ring (bicyclic) bond motifs is 1. The molecule has 1 saturated heterocycles. The molecule has 0 saturated carbocycles. The number of likely N-dealkylation sites (N-methyl/N-ethyl adjacent to an activating group) is 1. The fourth-order valence-electron chi connectivity index (χ4n) is 3.83. The number of carbonyl (C=O) groups excluding carboxylic acids is 2. The summed E-state index contributed by atoms with van der Waals surface area (Å²) in [7, 11) is 0. The zero-order chi connectivity index (χ0) is 22.0. The van der Waals surface area contributed by atoms with E-state index in [9.17, 15) is 9.59 Å². The Labute approximate surface area is 180 Å². The van der Waals surface area contributed by atoms with Gasteiger partial charge in [0.05, 0.1) is 16.9 Å². The maximum atomic E-state index is 12.7. The number of rotatable bonds is 5. The molecule has 3 aromatic rings. The number of aromatic nitrogens is 4. The fraction of sp³-hybridized carbons (Fsp3) is 0.409. The van der Waals surface area contributed by atoms with Crippen LogP contribution in [0.25, 0.3) is 16.6 Å². The second-order valence-electron chi connectivity index (χ2n) is 7.59. The topological polar surface area (TPSA) is 93.5 Å². The average Bonchev–Trinajstić information content (AvgIpc) is 3.19. The Morgan fingerprint density at radius 1 is 1.13 bits per heavy atom. The first kappa shape index (κ1) is 20.9. The van der Waals surface area contributed by atoms with Crippen molar-refractivity contribution in [3.05, 3.63) is 47.9 Å². The molecule has 1 unspecified atom stereocenters.